The minimum absolute atomic E-state index is 0.422. The topological polar surface area (TPSA) is 17.8 Å². The predicted molar refractivity (Wildman–Crippen MR) is 69.3 cm³/mol. The summed E-state index contributed by atoms with van der Waals surface area (Å²) in [7, 11) is 0. The maximum atomic E-state index is 5.82. The number of halogens is 1. The van der Waals surface area contributed by atoms with Crippen LogP contribution in [0, 0.1) is 6.92 Å². The highest BCUT2D eigenvalue weighted by Crippen LogP contribution is 2.22. The quantitative estimate of drug-likeness (QED) is 0.743. The van der Waals surface area contributed by atoms with E-state index in [1.807, 2.05) is 0 Å². The van der Waals surface area contributed by atoms with Crippen molar-refractivity contribution in [1.29, 1.82) is 0 Å². The predicted octanol–water partition coefficient (Wildman–Crippen LogP) is 3.71. The molecule has 1 aromatic carbocycles. The van der Waals surface area contributed by atoms with E-state index in [4.69, 9.17) is 11.6 Å². The third-order valence-corrected chi connectivity index (χ3v) is 2.94. The Labute approximate surface area is 101 Å². The molecule has 0 fully saturated rings. The third-order valence-electron chi connectivity index (χ3n) is 2.75. The molecule has 0 saturated heterocycles. The Morgan fingerprint density at radius 1 is 1.38 bits per heavy atom. The van der Waals surface area contributed by atoms with E-state index in [9.17, 15) is 0 Å². The molecule has 0 atom stereocenters. The molecule has 2 nitrogen and oxygen atoms in total. The Morgan fingerprint density at radius 3 is 2.75 bits per heavy atom. The van der Waals surface area contributed by atoms with Gasteiger partial charge in [-0.2, -0.15) is 0 Å². The van der Waals surface area contributed by atoms with Crippen LogP contribution in [0.3, 0.4) is 0 Å². The van der Waals surface area contributed by atoms with Gasteiger partial charge in [-0.25, -0.2) is 4.98 Å². The first-order valence-corrected chi connectivity index (χ1v) is 6.20. The van der Waals surface area contributed by atoms with Crippen LogP contribution in [0.25, 0.3) is 11.0 Å². The van der Waals surface area contributed by atoms with Crippen molar-refractivity contribution in [3.8, 4) is 0 Å². The maximum absolute atomic E-state index is 5.82. The molecular formula is C13H17ClN2. The van der Waals surface area contributed by atoms with E-state index in [0.717, 1.165) is 17.8 Å². The Morgan fingerprint density at radius 2 is 2.12 bits per heavy atom. The Balaban J connectivity index is 2.65. The van der Waals surface area contributed by atoms with Gasteiger partial charge in [0.1, 0.15) is 5.82 Å². The average Bonchev–Trinajstić information content (AvgIpc) is 2.55. The van der Waals surface area contributed by atoms with Gasteiger partial charge in [-0.1, -0.05) is 6.07 Å². The summed E-state index contributed by atoms with van der Waals surface area (Å²) in [6, 6.07) is 6.83. The van der Waals surface area contributed by atoms with Crippen LogP contribution in [0.4, 0.5) is 0 Å². The van der Waals surface area contributed by atoms with Crippen LogP contribution in [-0.4, -0.2) is 15.4 Å². The summed E-state index contributed by atoms with van der Waals surface area (Å²) < 4.78 is 2.27. The van der Waals surface area contributed by atoms with Crippen LogP contribution in [-0.2, 0) is 6.42 Å². The number of aromatic nitrogens is 2. The molecule has 2 aromatic rings. The summed E-state index contributed by atoms with van der Waals surface area (Å²) in [5, 5.41) is 0. The first-order valence-electron chi connectivity index (χ1n) is 5.67. The lowest BCUT2D eigenvalue weighted by molar-refractivity contribution is 0.588. The summed E-state index contributed by atoms with van der Waals surface area (Å²) in [5.74, 6) is 1.71. The summed E-state index contributed by atoms with van der Waals surface area (Å²) in [6.45, 7) is 6.45. The SMILES string of the molecule is Cc1ccc2c(c1)nc(CCCl)n2C(C)C. The molecule has 3 heteroatoms. The van der Waals surface area contributed by atoms with E-state index in [-0.39, 0.29) is 0 Å². The number of aryl methyl sites for hydroxylation is 2. The number of imidazole rings is 1. The molecule has 0 saturated carbocycles. The molecule has 0 spiro atoms. The Kier molecular flexibility index (Phi) is 3.20. The van der Waals surface area contributed by atoms with Gasteiger partial charge in [0, 0.05) is 18.3 Å². The Hall–Kier alpha value is -1.02. The summed E-state index contributed by atoms with van der Waals surface area (Å²) in [5.41, 5.74) is 3.54. The van der Waals surface area contributed by atoms with Crippen LogP contribution >= 0.6 is 11.6 Å². The van der Waals surface area contributed by atoms with Crippen LogP contribution in [0.5, 0.6) is 0 Å². The molecule has 0 aliphatic rings. The third kappa shape index (κ3) is 1.94. The number of hydrogen-bond acceptors (Lipinski definition) is 1. The van der Waals surface area contributed by atoms with Crippen molar-refractivity contribution in [2.24, 2.45) is 0 Å². The fourth-order valence-corrected chi connectivity index (χ4v) is 2.26. The highest BCUT2D eigenvalue weighted by Gasteiger charge is 2.12. The van der Waals surface area contributed by atoms with E-state index < -0.39 is 0 Å². The number of hydrogen-bond donors (Lipinski definition) is 0. The Bertz CT molecular complexity index is 500. The van der Waals surface area contributed by atoms with Crippen molar-refractivity contribution in [3.63, 3.8) is 0 Å². The van der Waals surface area contributed by atoms with E-state index in [2.05, 4.69) is 48.5 Å². The first-order chi connectivity index (χ1) is 7.63. The zero-order valence-electron chi connectivity index (χ0n) is 10.00. The molecule has 0 bridgehead atoms. The smallest absolute Gasteiger partial charge is 0.111 e. The highest BCUT2D eigenvalue weighted by molar-refractivity contribution is 6.17. The molecule has 0 radical (unpaired) electrons. The average molecular weight is 237 g/mol. The van der Waals surface area contributed by atoms with E-state index in [0.29, 0.717) is 11.9 Å². The lowest BCUT2D eigenvalue weighted by Gasteiger charge is -2.12. The second-order valence-electron chi connectivity index (χ2n) is 4.42. The molecule has 0 amide bonds. The van der Waals surface area contributed by atoms with Gasteiger partial charge >= 0.3 is 0 Å². The van der Waals surface area contributed by atoms with Gasteiger partial charge in [0.15, 0.2) is 0 Å². The van der Waals surface area contributed by atoms with Crippen LogP contribution < -0.4 is 0 Å². The lowest BCUT2D eigenvalue weighted by Crippen LogP contribution is -2.06. The van der Waals surface area contributed by atoms with E-state index in [1.165, 1.54) is 11.1 Å². The van der Waals surface area contributed by atoms with Crippen LogP contribution in [0.15, 0.2) is 18.2 Å². The normalized spacial score (nSPS) is 11.6. The molecule has 0 unspecified atom stereocenters. The standard InChI is InChI=1S/C13H17ClN2/c1-9(2)16-12-5-4-10(3)8-11(12)15-13(16)6-7-14/h4-5,8-9H,6-7H2,1-3H3. The first kappa shape index (κ1) is 11.5. The highest BCUT2D eigenvalue weighted by atomic mass is 35.5. The van der Waals surface area contributed by atoms with Crippen LogP contribution in [0.1, 0.15) is 31.3 Å². The molecule has 0 aliphatic heterocycles. The summed E-state index contributed by atoms with van der Waals surface area (Å²) in [4.78, 5) is 4.66. The van der Waals surface area contributed by atoms with Crippen molar-refractivity contribution in [3.05, 3.63) is 29.6 Å². The zero-order chi connectivity index (χ0) is 11.7. The van der Waals surface area contributed by atoms with Crippen LogP contribution in [0.2, 0.25) is 0 Å². The van der Waals surface area contributed by atoms with Gasteiger partial charge in [0.05, 0.1) is 11.0 Å². The van der Waals surface area contributed by atoms with Gasteiger partial charge < -0.3 is 4.57 Å². The molecular weight excluding hydrogens is 220 g/mol. The number of nitrogens with zero attached hydrogens (tertiary/aromatic N) is 2. The molecule has 1 aromatic heterocycles. The van der Waals surface area contributed by atoms with Crippen molar-refractivity contribution in [1.82, 2.24) is 9.55 Å². The molecule has 16 heavy (non-hydrogen) atoms. The minimum Gasteiger partial charge on any atom is -0.325 e. The van der Waals surface area contributed by atoms with Gasteiger partial charge in [-0.3, -0.25) is 0 Å². The molecule has 86 valence electrons. The fourth-order valence-electron chi connectivity index (χ4n) is 2.10. The zero-order valence-corrected chi connectivity index (χ0v) is 10.8. The van der Waals surface area contributed by atoms with Crippen molar-refractivity contribution < 1.29 is 0 Å². The summed E-state index contributed by atoms with van der Waals surface area (Å²) >= 11 is 5.82. The second kappa shape index (κ2) is 4.46. The molecule has 0 aliphatic carbocycles. The monoisotopic (exact) mass is 236 g/mol. The lowest BCUT2D eigenvalue weighted by atomic mass is 10.2. The van der Waals surface area contributed by atoms with Gasteiger partial charge in [0.25, 0.3) is 0 Å². The molecule has 1 heterocycles. The van der Waals surface area contributed by atoms with Crippen molar-refractivity contribution >= 4 is 22.6 Å². The van der Waals surface area contributed by atoms with Gasteiger partial charge in [0.2, 0.25) is 0 Å². The molecule has 0 N–H and O–H groups in total. The number of rotatable bonds is 3. The summed E-state index contributed by atoms with van der Waals surface area (Å²) in [6.07, 6.45) is 0.827. The van der Waals surface area contributed by atoms with Crippen molar-refractivity contribution in [2.45, 2.75) is 33.2 Å². The number of alkyl halides is 1. The molecule has 2 rings (SSSR count). The number of fused-ring (bicyclic) bond motifs is 1. The maximum Gasteiger partial charge on any atom is 0.111 e. The van der Waals surface area contributed by atoms with E-state index in [1.54, 1.807) is 0 Å². The number of benzene rings is 1. The van der Waals surface area contributed by atoms with E-state index >= 15 is 0 Å². The van der Waals surface area contributed by atoms with Crippen molar-refractivity contribution in [2.75, 3.05) is 5.88 Å². The largest absolute Gasteiger partial charge is 0.325 e. The fraction of sp³-hybridized carbons (Fsp3) is 0.462. The van der Waals surface area contributed by atoms with Gasteiger partial charge in [-0.05, 0) is 38.5 Å². The van der Waals surface area contributed by atoms with Gasteiger partial charge in [-0.15, -0.1) is 11.6 Å². The minimum atomic E-state index is 0.422. The second-order valence-corrected chi connectivity index (χ2v) is 4.80.